The molecule has 20 heavy (non-hydrogen) atoms. The van der Waals surface area contributed by atoms with Crippen molar-refractivity contribution in [3.63, 3.8) is 0 Å². The summed E-state index contributed by atoms with van der Waals surface area (Å²) in [5, 5.41) is 7.13. The first-order valence-electron chi connectivity index (χ1n) is 7.74. The Labute approximate surface area is 119 Å². The Bertz CT molecular complexity index is 465. The summed E-state index contributed by atoms with van der Waals surface area (Å²) in [6.07, 6.45) is 7.99. The molecule has 0 spiro atoms. The molecule has 0 bridgehead atoms. The molecule has 1 saturated carbocycles. The first kappa shape index (κ1) is 13.5. The third kappa shape index (κ3) is 2.81. The second kappa shape index (κ2) is 5.85. The average Bonchev–Trinajstić information content (AvgIpc) is 3.08. The van der Waals surface area contributed by atoms with Gasteiger partial charge in [-0.2, -0.15) is 0 Å². The van der Waals surface area contributed by atoms with Crippen LogP contribution in [0.5, 0.6) is 0 Å². The topological polar surface area (TPSA) is 58.4 Å². The molecule has 5 nitrogen and oxygen atoms in total. The fraction of sp³-hybridized carbons (Fsp3) is 0.733. The molecule has 0 aromatic carbocycles. The first-order valence-corrected chi connectivity index (χ1v) is 7.74. The Balaban J connectivity index is 1.63. The van der Waals surface area contributed by atoms with Crippen molar-refractivity contribution >= 4 is 6.03 Å². The number of hydrogen-bond acceptors (Lipinski definition) is 3. The molecule has 2 amide bonds. The van der Waals surface area contributed by atoms with Crippen LogP contribution in [0.4, 0.5) is 4.79 Å². The van der Waals surface area contributed by atoms with Crippen molar-refractivity contribution in [1.82, 2.24) is 15.4 Å². The highest BCUT2D eigenvalue weighted by atomic mass is 16.5. The summed E-state index contributed by atoms with van der Waals surface area (Å²) in [5.41, 5.74) is 0.875. The van der Waals surface area contributed by atoms with E-state index in [-0.39, 0.29) is 12.1 Å². The van der Waals surface area contributed by atoms with E-state index in [1.165, 1.54) is 19.3 Å². The lowest BCUT2D eigenvalue weighted by atomic mass is 9.96. The number of nitrogens with one attached hydrogen (secondary N) is 1. The molecular formula is C15H23N3O2. The minimum atomic E-state index is 0.0554. The maximum Gasteiger partial charge on any atom is 0.318 e. The van der Waals surface area contributed by atoms with E-state index < -0.39 is 0 Å². The van der Waals surface area contributed by atoms with Gasteiger partial charge in [0, 0.05) is 18.7 Å². The molecule has 5 heteroatoms. The van der Waals surface area contributed by atoms with Crippen molar-refractivity contribution in [1.29, 1.82) is 0 Å². The van der Waals surface area contributed by atoms with E-state index in [9.17, 15) is 4.79 Å². The molecule has 1 N–H and O–H groups in total. The molecule has 2 heterocycles. The Hall–Kier alpha value is -1.52. The van der Waals surface area contributed by atoms with Gasteiger partial charge in [0.25, 0.3) is 0 Å². The van der Waals surface area contributed by atoms with E-state index in [0.29, 0.717) is 6.04 Å². The summed E-state index contributed by atoms with van der Waals surface area (Å²) in [6, 6.07) is 2.42. The zero-order chi connectivity index (χ0) is 13.9. The van der Waals surface area contributed by atoms with Crippen molar-refractivity contribution in [2.24, 2.45) is 0 Å². The fourth-order valence-electron chi connectivity index (χ4n) is 3.35. The van der Waals surface area contributed by atoms with Crippen LogP contribution in [0, 0.1) is 6.92 Å². The molecule has 2 fully saturated rings. The van der Waals surface area contributed by atoms with Crippen LogP contribution in [0.1, 0.15) is 62.4 Å². The second-order valence-corrected chi connectivity index (χ2v) is 6.01. The molecular weight excluding hydrogens is 254 g/mol. The van der Waals surface area contributed by atoms with Crippen molar-refractivity contribution in [3.8, 4) is 0 Å². The van der Waals surface area contributed by atoms with Crippen molar-refractivity contribution in [2.75, 3.05) is 6.54 Å². The SMILES string of the molecule is Cc1cc(C2CCCN2C(=O)NC2CCCCC2)on1. The van der Waals surface area contributed by atoms with E-state index in [1.54, 1.807) is 0 Å². The van der Waals surface area contributed by atoms with Crippen LogP contribution < -0.4 is 5.32 Å². The molecule has 110 valence electrons. The van der Waals surface area contributed by atoms with Gasteiger partial charge in [-0.1, -0.05) is 24.4 Å². The second-order valence-electron chi connectivity index (χ2n) is 6.01. The molecule has 3 rings (SSSR count). The number of urea groups is 1. The molecule has 1 aliphatic heterocycles. The van der Waals surface area contributed by atoms with Crippen LogP contribution >= 0.6 is 0 Å². The number of hydrogen-bond donors (Lipinski definition) is 1. The van der Waals surface area contributed by atoms with Crippen LogP contribution in [0.3, 0.4) is 0 Å². The third-order valence-corrected chi connectivity index (χ3v) is 4.42. The van der Waals surface area contributed by atoms with E-state index in [2.05, 4.69) is 10.5 Å². The predicted octanol–water partition coefficient (Wildman–Crippen LogP) is 3.16. The molecule has 1 atom stereocenters. The molecule has 1 unspecified atom stereocenters. The summed E-state index contributed by atoms with van der Waals surface area (Å²) < 4.78 is 5.35. The van der Waals surface area contributed by atoms with Crippen LogP contribution in [0.2, 0.25) is 0 Å². The van der Waals surface area contributed by atoms with E-state index in [4.69, 9.17) is 4.52 Å². The van der Waals surface area contributed by atoms with Crippen LogP contribution in [0.25, 0.3) is 0 Å². The number of aromatic nitrogens is 1. The Morgan fingerprint density at radius 3 is 2.80 bits per heavy atom. The van der Waals surface area contributed by atoms with Crippen molar-refractivity contribution in [2.45, 2.75) is 64.0 Å². The van der Waals surface area contributed by atoms with Crippen molar-refractivity contribution < 1.29 is 9.32 Å². The number of carbonyl (C=O) groups excluding carboxylic acids is 1. The lowest BCUT2D eigenvalue weighted by Gasteiger charge is -2.28. The summed E-state index contributed by atoms with van der Waals surface area (Å²) in [4.78, 5) is 14.4. The summed E-state index contributed by atoms with van der Waals surface area (Å²) in [5.74, 6) is 0.818. The molecule has 0 radical (unpaired) electrons. The van der Waals surface area contributed by atoms with Gasteiger partial charge in [-0.05, 0) is 32.6 Å². The third-order valence-electron chi connectivity index (χ3n) is 4.42. The molecule has 1 saturated heterocycles. The largest absolute Gasteiger partial charge is 0.359 e. The molecule has 1 aromatic rings. The zero-order valence-corrected chi connectivity index (χ0v) is 12.1. The highest BCUT2D eigenvalue weighted by molar-refractivity contribution is 5.75. The standard InChI is InChI=1S/C15H23N3O2/c1-11-10-14(20-17-11)13-8-5-9-18(13)15(19)16-12-6-3-2-4-7-12/h10,12-13H,2-9H2,1H3,(H,16,19). The normalized spacial score (nSPS) is 24.1. The lowest BCUT2D eigenvalue weighted by Crippen LogP contribution is -2.45. The number of aryl methyl sites for hydroxylation is 1. The van der Waals surface area contributed by atoms with Crippen molar-refractivity contribution in [3.05, 3.63) is 17.5 Å². The van der Waals surface area contributed by atoms with Gasteiger partial charge in [0.2, 0.25) is 0 Å². The van der Waals surface area contributed by atoms with E-state index >= 15 is 0 Å². The number of carbonyl (C=O) groups is 1. The van der Waals surface area contributed by atoms with Gasteiger partial charge < -0.3 is 14.7 Å². The highest BCUT2D eigenvalue weighted by Gasteiger charge is 2.33. The number of nitrogens with zero attached hydrogens (tertiary/aromatic N) is 2. The van der Waals surface area contributed by atoms with Crippen LogP contribution in [0.15, 0.2) is 10.6 Å². The number of rotatable bonds is 2. The summed E-state index contributed by atoms with van der Waals surface area (Å²) in [7, 11) is 0. The fourth-order valence-corrected chi connectivity index (χ4v) is 3.35. The first-order chi connectivity index (χ1) is 9.74. The van der Waals surface area contributed by atoms with Gasteiger partial charge in [0.15, 0.2) is 5.76 Å². The maximum atomic E-state index is 12.5. The lowest BCUT2D eigenvalue weighted by molar-refractivity contribution is 0.175. The Morgan fingerprint density at radius 2 is 2.10 bits per heavy atom. The van der Waals surface area contributed by atoms with Gasteiger partial charge in [-0.3, -0.25) is 0 Å². The van der Waals surface area contributed by atoms with Crippen LogP contribution in [-0.2, 0) is 0 Å². The Kier molecular flexibility index (Phi) is 3.94. The molecule has 1 aliphatic carbocycles. The van der Waals surface area contributed by atoms with E-state index in [0.717, 1.165) is 43.7 Å². The predicted molar refractivity (Wildman–Crippen MR) is 75.3 cm³/mol. The average molecular weight is 277 g/mol. The number of likely N-dealkylation sites (tertiary alicyclic amines) is 1. The van der Waals surface area contributed by atoms with Crippen LogP contribution in [-0.4, -0.2) is 28.7 Å². The molecule has 1 aromatic heterocycles. The highest BCUT2D eigenvalue weighted by Crippen LogP contribution is 2.32. The van der Waals surface area contributed by atoms with Gasteiger partial charge in [-0.15, -0.1) is 0 Å². The summed E-state index contributed by atoms with van der Waals surface area (Å²) >= 11 is 0. The molecule has 2 aliphatic rings. The van der Waals surface area contributed by atoms with Gasteiger partial charge in [0.1, 0.15) is 0 Å². The van der Waals surface area contributed by atoms with E-state index in [1.807, 2.05) is 17.9 Å². The maximum absolute atomic E-state index is 12.5. The minimum absolute atomic E-state index is 0.0554. The quantitative estimate of drug-likeness (QED) is 0.903. The van der Waals surface area contributed by atoms with Gasteiger partial charge in [-0.25, -0.2) is 4.79 Å². The number of amides is 2. The Morgan fingerprint density at radius 1 is 1.30 bits per heavy atom. The summed E-state index contributed by atoms with van der Waals surface area (Å²) in [6.45, 7) is 2.72. The zero-order valence-electron chi connectivity index (χ0n) is 12.1. The monoisotopic (exact) mass is 277 g/mol. The minimum Gasteiger partial charge on any atom is -0.359 e. The van der Waals surface area contributed by atoms with Gasteiger partial charge >= 0.3 is 6.03 Å². The van der Waals surface area contributed by atoms with Gasteiger partial charge in [0.05, 0.1) is 11.7 Å². The smallest absolute Gasteiger partial charge is 0.318 e.